The van der Waals surface area contributed by atoms with Crippen LogP contribution >= 0.6 is 0 Å². The van der Waals surface area contributed by atoms with E-state index >= 15 is 0 Å². The summed E-state index contributed by atoms with van der Waals surface area (Å²) in [5.74, 6) is -0.673. The number of phenolic OH excluding ortho intramolecular Hbond substituents is 2. The summed E-state index contributed by atoms with van der Waals surface area (Å²) in [5, 5.41) is 82.1. The van der Waals surface area contributed by atoms with Crippen molar-refractivity contribution in [3.8, 4) is 34.3 Å². The SMILES string of the molecule is COc1cc(O)c2c(=O)cc(-c3ccc(OC4OC(COC5OC(C)C(O)C(O)C5O)C(O)C(O)C4O)c(O)c3)oc2c1. The van der Waals surface area contributed by atoms with Crippen molar-refractivity contribution in [2.75, 3.05) is 13.7 Å². The summed E-state index contributed by atoms with van der Waals surface area (Å²) >= 11 is 0. The Kier molecular flexibility index (Phi) is 8.80. The van der Waals surface area contributed by atoms with Crippen molar-refractivity contribution >= 4 is 11.0 Å². The molecule has 2 saturated heterocycles. The molecule has 10 atom stereocenters. The average molecular weight is 609 g/mol. The summed E-state index contributed by atoms with van der Waals surface area (Å²) in [7, 11) is 1.38. The second kappa shape index (κ2) is 12.2. The van der Waals surface area contributed by atoms with E-state index in [0.717, 1.165) is 6.07 Å². The van der Waals surface area contributed by atoms with Gasteiger partial charge >= 0.3 is 0 Å². The van der Waals surface area contributed by atoms with Gasteiger partial charge in [0.25, 0.3) is 0 Å². The fourth-order valence-corrected chi connectivity index (χ4v) is 4.89. The molecule has 8 N–H and O–H groups in total. The lowest BCUT2D eigenvalue weighted by molar-refractivity contribution is -0.318. The minimum Gasteiger partial charge on any atom is -0.507 e. The van der Waals surface area contributed by atoms with Crippen LogP contribution in [0.1, 0.15) is 6.92 Å². The maximum absolute atomic E-state index is 12.7. The number of hydrogen-bond donors (Lipinski definition) is 8. The van der Waals surface area contributed by atoms with Gasteiger partial charge in [-0.15, -0.1) is 0 Å². The molecule has 5 rings (SSSR count). The lowest BCUT2D eigenvalue weighted by Crippen LogP contribution is -2.61. The van der Waals surface area contributed by atoms with E-state index in [1.807, 2.05) is 0 Å². The fourth-order valence-electron chi connectivity index (χ4n) is 4.89. The van der Waals surface area contributed by atoms with Gasteiger partial charge in [0.2, 0.25) is 6.29 Å². The number of aromatic hydroxyl groups is 2. The van der Waals surface area contributed by atoms with Crippen molar-refractivity contribution in [3.63, 3.8) is 0 Å². The van der Waals surface area contributed by atoms with Gasteiger partial charge < -0.3 is 69.0 Å². The molecular weight excluding hydrogens is 576 g/mol. The molecular formula is C28H32O15. The second-order valence-corrected chi connectivity index (χ2v) is 10.3. The summed E-state index contributed by atoms with van der Waals surface area (Å²) in [5.41, 5.74) is -0.238. The van der Waals surface area contributed by atoms with Crippen LogP contribution in [-0.4, -0.2) is 116 Å². The Balaban J connectivity index is 1.31. The van der Waals surface area contributed by atoms with Crippen molar-refractivity contribution < 1.29 is 69.0 Å². The van der Waals surface area contributed by atoms with Crippen molar-refractivity contribution in [2.24, 2.45) is 0 Å². The van der Waals surface area contributed by atoms with Crippen molar-refractivity contribution in [1.82, 2.24) is 0 Å². The number of benzene rings is 2. The Morgan fingerprint density at radius 3 is 2.19 bits per heavy atom. The monoisotopic (exact) mass is 608 g/mol. The molecule has 234 valence electrons. The highest BCUT2D eigenvalue weighted by Crippen LogP contribution is 2.36. The van der Waals surface area contributed by atoms with Gasteiger partial charge in [0.05, 0.1) is 19.8 Å². The van der Waals surface area contributed by atoms with E-state index in [9.17, 15) is 45.6 Å². The van der Waals surface area contributed by atoms with Gasteiger partial charge in [0.1, 0.15) is 71.0 Å². The van der Waals surface area contributed by atoms with E-state index < -0.39 is 79.2 Å². The zero-order valence-corrected chi connectivity index (χ0v) is 22.9. The maximum atomic E-state index is 12.7. The zero-order chi connectivity index (χ0) is 31.2. The molecule has 0 aliphatic carbocycles. The van der Waals surface area contributed by atoms with Crippen LogP contribution in [0.4, 0.5) is 0 Å². The van der Waals surface area contributed by atoms with Crippen molar-refractivity contribution in [1.29, 1.82) is 0 Å². The van der Waals surface area contributed by atoms with Crippen LogP contribution in [0.5, 0.6) is 23.0 Å². The molecule has 0 radical (unpaired) electrons. The first kappa shape index (κ1) is 30.9. The molecule has 43 heavy (non-hydrogen) atoms. The van der Waals surface area contributed by atoms with Crippen LogP contribution in [0.2, 0.25) is 0 Å². The molecule has 0 spiro atoms. The zero-order valence-electron chi connectivity index (χ0n) is 22.9. The van der Waals surface area contributed by atoms with Crippen LogP contribution < -0.4 is 14.9 Å². The number of fused-ring (bicyclic) bond motifs is 1. The number of rotatable bonds is 7. The van der Waals surface area contributed by atoms with Crippen molar-refractivity contribution in [2.45, 2.75) is 68.3 Å². The first-order chi connectivity index (χ1) is 20.4. The van der Waals surface area contributed by atoms with Gasteiger partial charge in [-0.05, 0) is 25.1 Å². The number of ether oxygens (including phenoxy) is 5. The van der Waals surface area contributed by atoms with Gasteiger partial charge in [-0.3, -0.25) is 4.79 Å². The largest absolute Gasteiger partial charge is 0.507 e. The third-order valence-electron chi connectivity index (χ3n) is 7.41. The molecule has 3 heterocycles. The van der Waals surface area contributed by atoms with Gasteiger partial charge in [-0.25, -0.2) is 0 Å². The third kappa shape index (κ3) is 5.99. The van der Waals surface area contributed by atoms with Gasteiger partial charge in [0, 0.05) is 23.8 Å². The minimum atomic E-state index is -1.77. The Morgan fingerprint density at radius 1 is 0.791 bits per heavy atom. The van der Waals surface area contributed by atoms with E-state index in [2.05, 4.69) is 0 Å². The Hall–Kier alpha value is -3.51. The van der Waals surface area contributed by atoms with Crippen LogP contribution in [0.25, 0.3) is 22.3 Å². The summed E-state index contributed by atoms with van der Waals surface area (Å²) in [4.78, 5) is 12.7. The molecule has 2 aromatic carbocycles. The van der Waals surface area contributed by atoms with Gasteiger partial charge in [0.15, 0.2) is 23.2 Å². The highest BCUT2D eigenvalue weighted by molar-refractivity contribution is 5.86. The summed E-state index contributed by atoms with van der Waals surface area (Å²) in [6.07, 6.45) is -14.9. The second-order valence-electron chi connectivity index (χ2n) is 10.3. The first-order valence-corrected chi connectivity index (χ1v) is 13.3. The lowest BCUT2D eigenvalue weighted by Gasteiger charge is -2.42. The quantitative estimate of drug-likeness (QED) is 0.159. The average Bonchev–Trinajstić information content (AvgIpc) is 2.98. The van der Waals surface area contributed by atoms with E-state index in [4.69, 9.17) is 28.1 Å². The Labute approximate surface area is 243 Å². The van der Waals surface area contributed by atoms with Crippen molar-refractivity contribution in [3.05, 3.63) is 46.6 Å². The normalized spacial score (nSPS) is 32.9. The Bertz CT molecular complexity index is 1510. The molecule has 2 aliphatic rings. The number of aliphatic hydroxyl groups excluding tert-OH is 6. The first-order valence-electron chi connectivity index (χ1n) is 13.3. The molecule has 3 aromatic rings. The molecule has 1 aromatic heterocycles. The van der Waals surface area contributed by atoms with E-state index in [1.165, 1.54) is 44.4 Å². The van der Waals surface area contributed by atoms with Crippen LogP contribution in [0.3, 0.4) is 0 Å². The number of phenols is 2. The van der Waals surface area contributed by atoms with Crippen LogP contribution in [-0.2, 0) is 14.2 Å². The predicted octanol–water partition coefficient (Wildman–Crippen LogP) is -1.09. The van der Waals surface area contributed by atoms with E-state index in [0.29, 0.717) is 0 Å². The summed E-state index contributed by atoms with van der Waals surface area (Å²) in [6.45, 7) is 0.966. The molecule has 10 unspecified atom stereocenters. The highest BCUT2D eigenvalue weighted by atomic mass is 16.7. The Morgan fingerprint density at radius 2 is 1.49 bits per heavy atom. The smallest absolute Gasteiger partial charge is 0.229 e. The number of methoxy groups -OCH3 is 1. The predicted molar refractivity (Wildman–Crippen MR) is 143 cm³/mol. The summed E-state index contributed by atoms with van der Waals surface area (Å²) < 4.78 is 32.8. The molecule has 2 aliphatic heterocycles. The fraction of sp³-hybridized carbons (Fsp3) is 0.464. The summed E-state index contributed by atoms with van der Waals surface area (Å²) in [6, 6.07) is 7.76. The van der Waals surface area contributed by atoms with Gasteiger partial charge in [-0.2, -0.15) is 0 Å². The van der Waals surface area contributed by atoms with Gasteiger partial charge in [-0.1, -0.05) is 0 Å². The topological polar surface area (TPSA) is 238 Å². The maximum Gasteiger partial charge on any atom is 0.229 e. The molecule has 15 nitrogen and oxygen atoms in total. The number of hydrogen-bond acceptors (Lipinski definition) is 15. The molecule has 0 amide bonds. The standard InChI is InChI=1S/C28H32O15/c1-10-21(32)23(34)25(36)27(40-10)39-9-19-22(33)24(35)26(37)28(43-19)42-16-4-3-11(5-13(16)29)17-8-15(31)20-14(30)6-12(38-2)7-18(20)41-17/h3-8,10,19,21-30,32-37H,9H2,1-2H3. The number of aliphatic hydroxyl groups is 6. The van der Waals surface area contributed by atoms with Crippen LogP contribution in [0, 0.1) is 0 Å². The minimum absolute atomic E-state index is 0.0463. The lowest BCUT2D eigenvalue weighted by atomic mass is 9.98. The van der Waals surface area contributed by atoms with E-state index in [-0.39, 0.29) is 39.5 Å². The molecule has 15 heteroatoms. The molecule has 2 fully saturated rings. The molecule has 0 saturated carbocycles. The highest BCUT2D eigenvalue weighted by Gasteiger charge is 2.47. The molecule has 0 bridgehead atoms. The van der Waals surface area contributed by atoms with Crippen LogP contribution in [0.15, 0.2) is 45.6 Å². The third-order valence-corrected chi connectivity index (χ3v) is 7.41. The van der Waals surface area contributed by atoms with E-state index in [1.54, 1.807) is 0 Å².